The van der Waals surface area contributed by atoms with Crippen LogP contribution in [0.2, 0.25) is 0 Å². The van der Waals surface area contributed by atoms with E-state index in [0.29, 0.717) is 32.5 Å². The summed E-state index contributed by atoms with van der Waals surface area (Å²) < 4.78 is 26.1. The Bertz CT molecular complexity index is 790. The molecule has 3 heterocycles. The summed E-state index contributed by atoms with van der Waals surface area (Å²) in [7, 11) is -3.23. The normalized spacial score (nSPS) is 27.4. The van der Waals surface area contributed by atoms with E-state index in [0.717, 1.165) is 12.8 Å². The van der Waals surface area contributed by atoms with Crippen LogP contribution in [0.4, 0.5) is 0 Å². The summed E-state index contributed by atoms with van der Waals surface area (Å²) in [5, 5.41) is 4.01. The van der Waals surface area contributed by atoms with E-state index in [2.05, 4.69) is 10.1 Å². The van der Waals surface area contributed by atoms with E-state index in [1.807, 2.05) is 0 Å². The minimum Gasteiger partial charge on any atom is -0.335 e. The Kier molecular flexibility index (Phi) is 4.45. The molecule has 2 amide bonds. The van der Waals surface area contributed by atoms with Crippen molar-refractivity contribution in [3.05, 3.63) is 12.7 Å². The average molecular weight is 381 g/mol. The fraction of sp³-hybridized carbons (Fsp3) is 0.750. The number of rotatable bonds is 5. The van der Waals surface area contributed by atoms with E-state index in [1.165, 1.54) is 6.33 Å². The molecule has 0 radical (unpaired) electrons. The summed E-state index contributed by atoms with van der Waals surface area (Å²) in [4.78, 5) is 32.5. The Morgan fingerprint density at radius 1 is 1.08 bits per heavy atom. The first-order valence-corrected chi connectivity index (χ1v) is 10.9. The fourth-order valence-corrected chi connectivity index (χ4v) is 5.97. The number of sulfone groups is 1. The molecule has 2 saturated heterocycles. The third kappa shape index (κ3) is 3.46. The Morgan fingerprint density at radius 2 is 1.77 bits per heavy atom. The molecular formula is C16H23N5O4S. The van der Waals surface area contributed by atoms with Gasteiger partial charge < -0.3 is 9.80 Å². The molecule has 0 N–H and O–H groups in total. The molecule has 0 spiro atoms. The summed E-state index contributed by atoms with van der Waals surface area (Å²) in [6.45, 7) is 1.44. The molecule has 0 aromatic carbocycles. The lowest BCUT2D eigenvalue weighted by atomic mass is 10.0. The molecule has 1 saturated carbocycles. The zero-order chi connectivity index (χ0) is 18.3. The SMILES string of the molecule is O=C(C1CC1)N1CCN(C(=O)CCCn2cncn2)[C@H]2CS(=O)(=O)C[C@H]21. The maximum Gasteiger partial charge on any atom is 0.226 e. The number of carbonyl (C=O) groups is 2. The predicted octanol–water partition coefficient (Wildman–Crippen LogP) is -0.695. The van der Waals surface area contributed by atoms with Crippen molar-refractivity contribution in [3.63, 3.8) is 0 Å². The second-order valence-electron chi connectivity index (χ2n) is 7.37. The smallest absolute Gasteiger partial charge is 0.226 e. The zero-order valence-corrected chi connectivity index (χ0v) is 15.3. The molecule has 2 atom stereocenters. The first kappa shape index (κ1) is 17.4. The van der Waals surface area contributed by atoms with Crippen LogP contribution >= 0.6 is 0 Å². The maximum absolute atomic E-state index is 12.7. The number of carbonyl (C=O) groups excluding carboxylic acids is 2. The van der Waals surface area contributed by atoms with Crippen molar-refractivity contribution < 1.29 is 18.0 Å². The molecule has 10 heteroatoms. The van der Waals surface area contributed by atoms with Gasteiger partial charge in [-0.2, -0.15) is 5.10 Å². The third-order valence-electron chi connectivity index (χ3n) is 5.45. The highest BCUT2D eigenvalue weighted by atomic mass is 32.2. The van der Waals surface area contributed by atoms with Crippen LogP contribution in [0.1, 0.15) is 25.7 Å². The van der Waals surface area contributed by atoms with E-state index < -0.39 is 15.9 Å². The van der Waals surface area contributed by atoms with E-state index >= 15 is 0 Å². The zero-order valence-electron chi connectivity index (χ0n) is 14.5. The quantitative estimate of drug-likeness (QED) is 0.668. The van der Waals surface area contributed by atoms with Crippen LogP contribution in [-0.2, 0) is 26.0 Å². The lowest BCUT2D eigenvalue weighted by molar-refractivity contribution is -0.146. The summed E-state index contributed by atoms with van der Waals surface area (Å²) in [6, 6.07) is -0.795. The van der Waals surface area contributed by atoms with Crippen LogP contribution in [0.15, 0.2) is 12.7 Å². The van der Waals surface area contributed by atoms with Crippen molar-refractivity contribution in [3.8, 4) is 0 Å². The lowest BCUT2D eigenvalue weighted by Crippen LogP contribution is -2.62. The molecule has 1 aromatic rings. The van der Waals surface area contributed by atoms with E-state index in [4.69, 9.17) is 0 Å². The van der Waals surface area contributed by atoms with Gasteiger partial charge in [-0.3, -0.25) is 14.3 Å². The van der Waals surface area contributed by atoms with Crippen LogP contribution in [0.5, 0.6) is 0 Å². The van der Waals surface area contributed by atoms with Crippen molar-refractivity contribution in [2.45, 2.75) is 44.3 Å². The second kappa shape index (κ2) is 6.64. The van der Waals surface area contributed by atoms with E-state index in [1.54, 1.807) is 20.8 Å². The van der Waals surface area contributed by atoms with Crippen LogP contribution in [-0.4, -0.2) is 81.5 Å². The molecule has 3 aliphatic rings. The van der Waals surface area contributed by atoms with E-state index in [9.17, 15) is 18.0 Å². The Labute approximate surface area is 152 Å². The number of hydrogen-bond acceptors (Lipinski definition) is 6. The average Bonchev–Trinajstić information content (AvgIpc) is 3.21. The highest BCUT2D eigenvalue weighted by Crippen LogP contribution is 2.35. The molecular weight excluding hydrogens is 358 g/mol. The van der Waals surface area contributed by atoms with Gasteiger partial charge in [0.15, 0.2) is 9.84 Å². The second-order valence-corrected chi connectivity index (χ2v) is 9.52. The molecule has 3 fully saturated rings. The lowest BCUT2D eigenvalue weighted by Gasteiger charge is -2.44. The molecule has 0 unspecified atom stereocenters. The fourth-order valence-electron chi connectivity index (χ4n) is 3.99. The summed E-state index contributed by atoms with van der Waals surface area (Å²) in [6.07, 6.45) is 5.79. The predicted molar refractivity (Wildman–Crippen MR) is 91.6 cm³/mol. The van der Waals surface area contributed by atoms with Gasteiger partial charge in [-0.25, -0.2) is 13.4 Å². The first-order chi connectivity index (χ1) is 12.4. The van der Waals surface area contributed by atoms with E-state index in [-0.39, 0.29) is 35.3 Å². The number of hydrogen-bond donors (Lipinski definition) is 0. The molecule has 9 nitrogen and oxygen atoms in total. The third-order valence-corrected chi connectivity index (χ3v) is 7.15. The number of nitrogens with zero attached hydrogens (tertiary/aromatic N) is 5. The molecule has 4 rings (SSSR count). The molecule has 0 bridgehead atoms. The van der Waals surface area contributed by atoms with Crippen LogP contribution in [0.25, 0.3) is 0 Å². The van der Waals surface area contributed by atoms with Crippen molar-refractivity contribution in [1.29, 1.82) is 0 Å². The summed E-state index contributed by atoms with van der Waals surface area (Å²) in [5.74, 6) is 0.00906. The minimum absolute atomic E-state index is 0.0289. The standard InChI is InChI=1S/C16H23N5O4S/c22-15(2-1-5-19-11-17-10-18-19)20-6-7-21(16(23)12-3-4-12)14-9-26(24,25)8-13(14)20/h10-14H,1-9H2/t13-,14+/m0/s1. The van der Waals surface area contributed by atoms with Gasteiger partial charge in [-0.15, -0.1) is 0 Å². The van der Waals surface area contributed by atoms with Gasteiger partial charge in [0.2, 0.25) is 11.8 Å². The summed E-state index contributed by atoms with van der Waals surface area (Å²) >= 11 is 0. The van der Waals surface area contributed by atoms with Crippen molar-refractivity contribution in [2.75, 3.05) is 24.6 Å². The van der Waals surface area contributed by atoms with Gasteiger partial charge in [0.25, 0.3) is 0 Å². The van der Waals surface area contributed by atoms with Gasteiger partial charge in [0, 0.05) is 32.0 Å². The molecule has 1 aliphatic carbocycles. The minimum atomic E-state index is -3.23. The largest absolute Gasteiger partial charge is 0.335 e. The first-order valence-electron chi connectivity index (χ1n) is 9.07. The molecule has 26 heavy (non-hydrogen) atoms. The van der Waals surface area contributed by atoms with Gasteiger partial charge in [-0.05, 0) is 19.3 Å². The summed E-state index contributed by atoms with van der Waals surface area (Å²) in [5.41, 5.74) is 0. The van der Waals surface area contributed by atoms with Gasteiger partial charge in [0.1, 0.15) is 12.7 Å². The van der Waals surface area contributed by atoms with Crippen LogP contribution in [0.3, 0.4) is 0 Å². The van der Waals surface area contributed by atoms with Crippen LogP contribution < -0.4 is 0 Å². The Balaban J connectivity index is 1.42. The topological polar surface area (TPSA) is 105 Å². The number of piperazine rings is 1. The number of amides is 2. The highest BCUT2D eigenvalue weighted by molar-refractivity contribution is 7.91. The molecule has 142 valence electrons. The Hall–Kier alpha value is -1.97. The number of aryl methyl sites for hydroxylation is 1. The molecule has 1 aromatic heterocycles. The van der Waals surface area contributed by atoms with Gasteiger partial charge in [-0.1, -0.05) is 0 Å². The highest BCUT2D eigenvalue weighted by Gasteiger charge is 2.50. The van der Waals surface area contributed by atoms with Crippen molar-refractivity contribution in [1.82, 2.24) is 24.6 Å². The van der Waals surface area contributed by atoms with Gasteiger partial charge in [0.05, 0.1) is 23.6 Å². The monoisotopic (exact) mass is 381 g/mol. The number of aromatic nitrogens is 3. The molecule has 2 aliphatic heterocycles. The van der Waals surface area contributed by atoms with Crippen molar-refractivity contribution >= 4 is 21.7 Å². The number of fused-ring (bicyclic) bond motifs is 1. The van der Waals surface area contributed by atoms with Crippen molar-refractivity contribution in [2.24, 2.45) is 5.92 Å². The Morgan fingerprint density at radius 3 is 2.42 bits per heavy atom. The van der Waals surface area contributed by atoms with Gasteiger partial charge >= 0.3 is 0 Å². The maximum atomic E-state index is 12.7. The van der Waals surface area contributed by atoms with Crippen LogP contribution in [0, 0.1) is 5.92 Å².